The second kappa shape index (κ2) is 9.96. The molecule has 1 aliphatic rings. The highest BCUT2D eigenvalue weighted by Crippen LogP contribution is 2.51. The molecule has 226 valence electrons. The summed E-state index contributed by atoms with van der Waals surface area (Å²) in [6, 6.07) is 59.0. The number of hydrogen-bond donors (Lipinski definition) is 0. The van der Waals surface area contributed by atoms with Crippen LogP contribution in [0.2, 0.25) is 0 Å². The molecule has 0 unspecified atom stereocenters. The number of fused-ring (bicyclic) bond motifs is 5. The Balaban J connectivity index is 1.36. The molecule has 0 fully saturated rings. The molecule has 0 aliphatic heterocycles. The molecule has 1 aliphatic carbocycles. The van der Waals surface area contributed by atoms with Crippen molar-refractivity contribution in [2.45, 2.75) is 0 Å². The van der Waals surface area contributed by atoms with Crippen molar-refractivity contribution in [3.8, 4) is 50.5 Å². The van der Waals surface area contributed by atoms with E-state index < -0.39 is 0 Å². The van der Waals surface area contributed by atoms with Crippen molar-refractivity contribution < 1.29 is 0 Å². The SMILES string of the molecule is c1ccc(-c2cc3c4c5c6c(cccc6ccc5n(-c5nc6ccccc6nc5-c5ccc6ccccc6c5)c4c2)-c2ccccc2-3)cc1. The summed E-state index contributed by atoms with van der Waals surface area (Å²) in [5.74, 6) is 0.829. The maximum Gasteiger partial charge on any atom is 0.165 e. The van der Waals surface area contributed by atoms with Gasteiger partial charge in [0, 0.05) is 16.3 Å². The van der Waals surface area contributed by atoms with Crippen LogP contribution >= 0.6 is 0 Å². The van der Waals surface area contributed by atoms with E-state index in [1.807, 2.05) is 12.1 Å². The molecular weight excluding hydrogens is 595 g/mol. The van der Waals surface area contributed by atoms with Gasteiger partial charge in [-0.1, -0.05) is 127 Å². The maximum absolute atomic E-state index is 5.47. The Morgan fingerprint density at radius 1 is 0.347 bits per heavy atom. The molecule has 0 atom stereocenters. The molecule has 0 saturated heterocycles. The topological polar surface area (TPSA) is 30.7 Å². The molecule has 0 amide bonds. The fraction of sp³-hybridized carbons (Fsp3) is 0. The number of para-hydroxylation sites is 2. The van der Waals surface area contributed by atoms with Crippen LogP contribution in [-0.2, 0) is 0 Å². The quantitative estimate of drug-likeness (QED) is 0.196. The average molecular weight is 622 g/mol. The van der Waals surface area contributed by atoms with Crippen molar-refractivity contribution in [1.82, 2.24) is 14.5 Å². The highest BCUT2D eigenvalue weighted by Gasteiger charge is 2.27. The van der Waals surface area contributed by atoms with Crippen molar-refractivity contribution >= 4 is 54.4 Å². The van der Waals surface area contributed by atoms with Crippen LogP contribution < -0.4 is 0 Å². The minimum absolute atomic E-state index is 0.829. The zero-order valence-electron chi connectivity index (χ0n) is 26.4. The first kappa shape index (κ1) is 26.5. The van der Waals surface area contributed by atoms with Crippen molar-refractivity contribution in [3.05, 3.63) is 164 Å². The summed E-state index contributed by atoms with van der Waals surface area (Å²) >= 11 is 0. The number of benzene rings is 8. The molecule has 0 N–H and O–H groups in total. The van der Waals surface area contributed by atoms with Crippen molar-refractivity contribution in [2.75, 3.05) is 0 Å². The number of aromatic nitrogens is 3. The normalized spacial score (nSPS) is 12.1. The van der Waals surface area contributed by atoms with Gasteiger partial charge in [0.2, 0.25) is 0 Å². The van der Waals surface area contributed by atoms with E-state index in [2.05, 4.69) is 156 Å². The molecule has 10 aromatic rings. The lowest BCUT2D eigenvalue weighted by molar-refractivity contribution is 1.08. The largest absolute Gasteiger partial charge is 0.292 e. The number of rotatable bonds is 3. The van der Waals surface area contributed by atoms with Gasteiger partial charge < -0.3 is 0 Å². The van der Waals surface area contributed by atoms with Gasteiger partial charge in [0.05, 0.1) is 22.1 Å². The molecule has 0 saturated carbocycles. The Hall–Kier alpha value is -6.58. The molecule has 0 radical (unpaired) electrons. The number of nitrogens with zero attached hydrogens (tertiary/aromatic N) is 3. The van der Waals surface area contributed by atoms with E-state index in [4.69, 9.17) is 9.97 Å². The van der Waals surface area contributed by atoms with Crippen LogP contribution in [0.5, 0.6) is 0 Å². The molecule has 3 nitrogen and oxygen atoms in total. The zero-order chi connectivity index (χ0) is 32.1. The molecule has 2 heterocycles. The summed E-state index contributed by atoms with van der Waals surface area (Å²) in [6.07, 6.45) is 0. The van der Waals surface area contributed by atoms with Gasteiger partial charge in [-0.05, 0) is 91.3 Å². The second-order valence-electron chi connectivity index (χ2n) is 13.0. The van der Waals surface area contributed by atoms with Crippen LogP contribution in [0.3, 0.4) is 0 Å². The van der Waals surface area contributed by atoms with E-state index in [1.54, 1.807) is 0 Å². The summed E-state index contributed by atoms with van der Waals surface area (Å²) in [5, 5.41) is 7.40. The summed E-state index contributed by atoms with van der Waals surface area (Å²) in [6.45, 7) is 0. The summed E-state index contributed by atoms with van der Waals surface area (Å²) in [4.78, 5) is 10.8. The van der Waals surface area contributed by atoms with Crippen molar-refractivity contribution in [2.24, 2.45) is 0 Å². The van der Waals surface area contributed by atoms with Gasteiger partial charge in [0.15, 0.2) is 5.82 Å². The third kappa shape index (κ3) is 3.78. The summed E-state index contributed by atoms with van der Waals surface area (Å²) in [5.41, 5.74) is 13.3. The lowest BCUT2D eigenvalue weighted by Crippen LogP contribution is -2.04. The van der Waals surface area contributed by atoms with Crippen LogP contribution in [0.1, 0.15) is 0 Å². The molecule has 0 spiro atoms. The monoisotopic (exact) mass is 621 g/mol. The van der Waals surface area contributed by atoms with Crippen LogP contribution in [-0.4, -0.2) is 14.5 Å². The Morgan fingerprint density at radius 3 is 1.88 bits per heavy atom. The molecule has 0 bridgehead atoms. The van der Waals surface area contributed by atoms with E-state index in [-0.39, 0.29) is 0 Å². The Labute approximate surface area is 282 Å². The van der Waals surface area contributed by atoms with Crippen molar-refractivity contribution in [3.63, 3.8) is 0 Å². The maximum atomic E-state index is 5.47. The first-order chi connectivity index (χ1) is 24.3. The summed E-state index contributed by atoms with van der Waals surface area (Å²) in [7, 11) is 0. The minimum atomic E-state index is 0.829. The van der Waals surface area contributed by atoms with Gasteiger partial charge in [-0.2, -0.15) is 0 Å². The highest BCUT2D eigenvalue weighted by atomic mass is 15.1. The molecular formula is C46H27N3. The van der Waals surface area contributed by atoms with Crippen LogP contribution in [0.25, 0.3) is 105 Å². The van der Waals surface area contributed by atoms with Gasteiger partial charge in [-0.25, -0.2) is 9.97 Å². The van der Waals surface area contributed by atoms with E-state index >= 15 is 0 Å². The van der Waals surface area contributed by atoms with Crippen LogP contribution in [0, 0.1) is 0 Å². The Morgan fingerprint density at radius 2 is 1.02 bits per heavy atom. The predicted molar refractivity (Wildman–Crippen MR) is 204 cm³/mol. The zero-order valence-corrected chi connectivity index (χ0v) is 26.4. The van der Waals surface area contributed by atoms with E-state index in [1.165, 1.54) is 65.7 Å². The Bertz CT molecular complexity index is 2990. The van der Waals surface area contributed by atoms with Gasteiger partial charge in [-0.15, -0.1) is 0 Å². The lowest BCUT2D eigenvalue weighted by Gasteiger charge is -2.17. The number of hydrogen-bond acceptors (Lipinski definition) is 2. The first-order valence-electron chi connectivity index (χ1n) is 16.8. The standard InChI is InChI=1S/C46H27N3/c1-2-11-28(12-3-1)33-26-37-35-17-7-6-16-34(35)36-18-10-15-30-23-24-40-44(42(30)36)43(37)41(27-33)49(40)46-45(47-38-19-8-9-20-39(38)48-46)32-22-21-29-13-4-5-14-31(29)25-32/h1-27H. The van der Waals surface area contributed by atoms with Crippen LogP contribution in [0.15, 0.2) is 164 Å². The van der Waals surface area contributed by atoms with E-state index in [0.717, 1.165) is 39.1 Å². The Kier molecular flexibility index (Phi) is 5.38. The summed E-state index contributed by atoms with van der Waals surface area (Å²) < 4.78 is 2.38. The third-order valence-electron chi connectivity index (χ3n) is 10.3. The van der Waals surface area contributed by atoms with Crippen molar-refractivity contribution in [1.29, 1.82) is 0 Å². The smallest absolute Gasteiger partial charge is 0.165 e. The van der Waals surface area contributed by atoms with Gasteiger partial charge in [0.1, 0.15) is 5.69 Å². The van der Waals surface area contributed by atoms with E-state index in [9.17, 15) is 0 Å². The molecule has 11 rings (SSSR count). The predicted octanol–water partition coefficient (Wildman–Crippen LogP) is 12.0. The minimum Gasteiger partial charge on any atom is -0.292 e. The van der Waals surface area contributed by atoms with Gasteiger partial charge in [-0.3, -0.25) is 4.57 Å². The fourth-order valence-corrected chi connectivity index (χ4v) is 8.10. The molecule has 8 aromatic carbocycles. The lowest BCUT2D eigenvalue weighted by atomic mass is 9.92. The average Bonchev–Trinajstić information content (AvgIpc) is 3.45. The van der Waals surface area contributed by atoms with Gasteiger partial charge in [0.25, 0.3) is 0 Å². The third-order valence-corrected chi connectivity index (χ3v) is 10.3. The highest BCUT2D eigenvalue weighted by molar-refractivity contribution is 6.31. The molecule has 3 heteroatoms. The van der Waals surface area contributed by atoms with E-state index in [0.29, 0.717) is 0 Å². The first-order valence-corrected chi connectivity index (χ1v) is 16.8. The van der Waals surface area contributed by atoms with Gasteiger partial charge >= 0.3 is 0 Å². The van der Waals surface area contributed by atoms with Crippen LogP contribution in [0.4, 0.5) is 0 Å². The molecule has 2 aromatic heterocycles. The second-order valence-corrected chi connectivity index (χ2v) is 13.0. The fourth-order valence-electron chi connectivity index (χ4n) is 8.10. The molecule has 49 heavy (non-hydrogen) atoms.